The highest BCUT2D eigenvalue weighted by atomic mass is 35.5. The number of nitrogens with zero attached hydrogens (tertiary/aromatic N) is 2. The number of nitrogens with two attached hydrogens (primary N) is 2. The molecule has 0 saturated heterocycles. The molecule has 6 aromatic rings. The van der Waals surface area contributed by atoms with Crippen LogP contribution in [0.25, 0.3) is 21.8 Å². The monoisotopic (exact) mass is 794 g/mol. The zero-order valence-electron chi connectivity index (χ0n) is 31.5. The maximum absolute atomic E-state index is 11.6. The van der Waals surface area contributed by atoms with E-state index in [1.807, 2.05) is 106 Å². The predicted molar refractivity (Wildman–Crippen MR) is 231 cm³/mol. The largest absolute Gasteiger partial charge is 0.336 e. The van der Waals surface area contributed by atoms with Gasteiger partial charge in [0.25, 0.3) is 0 Å². The molecule has 6 rings (SSSR count). The summed E-state index contributed by atoms with van der Waals surface area (Å²) in [5.74, 6) is 0. The topological polar surface area (TPSA) is 120 Å². The van der Waals surface area contributed by atoms with Crippen molar-refractivity contribution in [2.45, 2.75) is 64.6 Å². The quantitative estimate of drug-likeness (QED) is 0.0987. The molecule has 0 fully saturated rings. The van der Waals surface area contributed by atoms with Gasteiger partial charge in [0.05, 0.1) is 33.5 Å². The summed E-state index contributed by atoms with van der Waals surface area (Å²) in [4.78, 5) is 0. The number of benzene rings is 4. The third kappa shape index (κ3) is 8.69. The molecule has 12 heteroatoms. The number of nitrogens with one attached hydrogen (secondary N) is 2. The number of aromatic nitrogens is 2. The summed E-state index contributed by atoms with van der Waals surface area (Å²) in [6.45, 7) is 10.8. The molecular formula is C41H52Cl2N6O2S2. The fourth-order valence-electron chi connectivity index (χ4n) is 7.23. The molecule has 5 unspecified atom stereocenters. The van der Waals surface area contributed by atoms with E-state index in [2.05, 4.69) is 57.0 Å². The number of halogens is 2. The molecule has 0 aliphatic heterocycles. The van der Waals surface area contributed by atoms with Gasteiger partial charge in [-0.3, -0.25) is 0 Å². The molecule has 0 spiro atoms. The summed E-state index contributed by atoms with van der Waals surface area (Å²) in [5, 5.41) is 3.46. The van der Waals surface area contributed by atoms with Crippen LogP contribution in [0.1, 0.15) is 58.6 Å². The lowest BCUT2D eigenvalue weighted by molar-refractivity contribution is 0.296. The average Bonchev–Trinajstić information content (AvgIpc) is 3.79. The van der Waals surface area contributed by atoms with Gasteiger partial charge >= 0.3 is 0 Å². The molecule has 6 N–H and O–H groups in total. The van der Waals surface area contributed by atoms with Crippen molar-refractivity contribution < 1.29 is 8.42 Å². The summed E-state index contributed by atoms with van der Waals surface area (Å²) >= 11 is 12.2. The van der Waals surface area contributed by atoms with Gasteiger partial charge in [0.15, 0.2) is 0 Å². The zero-order chi connectivity index (χ0) is 38.9. The van der Waals surface area contributed by atoms with Crippen LogP contribution in [0, 0.1) is 0 Å². The number of hydrogen-bond acceptors (Lipinski definition) is 4. The predicted octanol–water partition coefficient (Wildman–Crippen LogP) is 9.64. The van der Waals surface area contributed by atoms with Gasteiger partial charge in [0, 0.05) is 58.3 Å². The van der Waals surface area contributed by atoms with Gasteiger partial charge < -0.3 is 30.0 Å². The van der Waals surface area contributed by atoms with Crippen molar-refractivity contribution in [3.8, 4) is 0 Å². The third-order valence-electron chi connectivity index (χ3n) is 9.80. The molecule has 53 heavy (non-hydrogen) atoms. The van der Waals surface area contributed by atoms with Gasteiger partial charge in [-0.25, -0.2) is 8.42 Å². The molecule has 8 nitrogen and oxygen atoms in total. The summed E-state index contributed by atoms with van der Waals surface area (Å²) in [5.41, 5.74) is 18.1. The fourth-order valence-corrected chi connectivity index (χ4v) is 8.46. The first-order valence-electron chi connectivity index (χ1n) is 17.8. The Balaban J connectivity index is 0.000000226. The van der Waals surface area contributed by atoms with Crippen LogP contribution in [-0.2, 0) is 33.0 Å². The molecule has 2 heterocycles. The second-order valence-corrected chi connectivity index (χ2v) is 15.7. The SMILES string of the molecule is CC.CCC(CN)(c1ccc(Cl)cc1)n1ccc2c(NS(C)=O)cccc21.CCC(c1ccc(Cl)cc1)(C(C)N)n1ccc2c(NS(C)=O)cccc21. The van der Waals surface area contributed by atoms with E-state index in [-0.39, 0.29) is 11.6 Å². The Morgan fingerprint density at radius 2 is 1.11 bits per heavy atom. The standard InChI is InChI=1S/C20H24ClN3OS.C19H22ClN3OS.C2H6/c1-4-20(14(2)22,15-8-10-16(21)11-9-15)24-13-12-17-18(23-26(3)25)6-5-7-19(17)24;1-3-19(13-21,14-7-9-15(20)10-8-14)23-12-11-16-17(22-25(2)24)5-4-6-18(16)23;1-2/h5-14,23H,4,22H2,1-3H3;4-12,22H,3,13,21H2,1-2H3;1-2H3. The molecule has 0 aliphatic rings. The second kappa shape index (κ2) is 18.6. The van der Waals surface area contributed by atoms with Crippen molar-refractivity contribution in [1.82, 2.24) is 9.13 Å². The van der Waals surface area contributed by atoms with E-state index in [0.717, 1.165) is 57.1 Å². The Morgan fingerprint density at radius 3 is 1.51 bits per heavy atom. The van der Waals surface area contributed by atoms with Gasteiger partial charge in [-0.2, -0.15) is 0 Å². The molecular weight excluding hydrogens is 744 g/mol. The molecule has 0 radical (unpaired) electrons. The second-order valence-electron chi connectivity index (χ2n) is 12.6. The number of rotatable bonds is 12. The Bertz CT molecular complexity index is 2140. The van der Waals surface area contributed by atoms with Crippen LogP contribution < -0.4 is 20.9 Å². The summed E-state index contributed by atoms with van der Waals surface area (Å²) < 4.78 is 33.7. The van der Waals surface area contributed by atoms with E-state index in [4.69, 9.17) is 34.7 Å². The van der Waals surface area contributed by atoms with E-state index in [1.165, 1.54) is 0 Å². The molecule has 0 saturated carbocycles. The maximum atomic E-state index is 11.6. The van der Waals surface area contributed by atoms with E-state index >= 15 is 0 Å². The molecule has 0 amide bonds. The lowest BCUT2D eigenvalue weighted by atomic mass is 9.81. The van der Waals surface area contributed by atoms with E-state index in [9.17, 15) is 8.42 Å². The first kappa shape index (κ1) is 42.1. The summed E-state index contributed by atoms with van der Waals surface area (Å²) in [6, 6.07) is 31.7. The fraction of sp³-hybridized carbons (Fsp3) is 0.317. The van der Waals surface area contributed by atoms with Crippen molar-refractivity contribution in [3.63, 3.8) is 0 Å². The van der Waals surface area contributed by atoms with Crippen LogP contribution in [0.3, 0.4) is 0 Å². The Hall–Kier alpha value is -3.64. The summed E-state index contributed by atoms with van der Waals surface area (Å²) in [7, 11) is -2.26. The van der Waals surface area contributed by atoms with Crippen molar-refractivity contribution >= 4 is 78.4 Å². The first-order chi connectivity index (χ1) is 25.4. The lowest BCUT2D eigenvalue weighted by Crippen LogP contribution is -2.48. The van der Waals surface area contributed by atoms with Crippen LogP contribution in [0.5, 0.6) is 0 Å². The van der Waals surface area contributed by atoms with E-state index < -0.39 is 27.5 Å². The highest BCUT2D eigenvalue weighted by molar-refractivity contribution is 7.85. The number of fused-ring (bicyclic) bond motifs is 2. The number of anilines is 2. The van der Waals surface area contributed by atoms with Crippen molar-refractivity contribution in [2.75, 3.05) is 28.5 Å². The van der Waals surface area contributed by atoms with Gasteiger partial charge in [-0.15, -0.1) is 0 Å². The first-order valence-corrected chi connectivity index (χ1v) is 21.7. The van der Waals surface area contributed by atoms with Gasteiger partial charge in [-0.05, 0) is 91.6 Å². The minimum absolute atomic E-state index is 0.124. The number of hydrogen-bond donors (Lipinski definition) is 4. The Morgan fingerprint density at radius 1 is 0.679 bits per heavy atom. The smallest absolute Gasteiger partial charge is 0.113 e. The molecule has 284 valence electrons. The minimum atomic E-state index is -1.13. The lowest BCUT2D eigenvalue weighted by Gasteiger charge is -2.40. The van der Waals surface area contributed by atoms with Crippen LogP contribution in [-0.4, -0.2) is 42.7 Å². The Labute approximate surface area is 329 Å². The molecule has 0 aliphatic carbocycles. The van der Waals surface area contributed by atoms with E-state index in [1.54, 1.807) is 12.5 Å². The van der Waals surface area contributed by atoms with Crippen LogP contribution in [0.4, 0.5) is 11.4 Å². The zero-order valence-corrected chi connectivity index (χ0v) is 34.7. The van der Waals surface area contributed by atoms with Crippen LogP contribution in [0.2, 0.25) is 10.0 Å². The molecule has 5 atom stereocenters. The van der Waals surface area contributed by atoms with Crippen molar-refractivity contribution in [3.05, 3.63) is 131 Å². The highest BCUT2D eigenvalue weighted by Crippen LogP contribution is 2.39. The molecule has 2 aromatic heterocycles. The highest BCUT2D eigenvalue weighted by Gasteiger charge is 2.37. The van der Waals surface area contributed by atoms with E-state index in [0.29, 0.717) is 16.6 Å². The van der Waals surface area contributed by atoms with Gasteiger partial charge in [-0.1, -0.05) is 87.3 Å². The van der Waals surface area contributed by atoms with Crippen LogP contribution in [0.15, 0.2) is 109 Å². The average molecular weight is 796 g/mol. The van der Waals surface area contributed by atoms with Crippen molar-refractivity contribution in [1.29, 1.82) is 0 Å². The van der Waals surface area contributed by atoms with Gasteiger partial charge in [0.2, 0.25) is 0 Å². The van der Waals surface area contributed by atoms with Crippen LogP contribution >= 0.6 is 23.2 Å². The Kier molecular flexibility index (Phi) is 14.8. The molecule has 4 aromatic carbocycles. The minimum Gasteiger partial charge on any atom is -0.336 e. The normalized spacial score (nSPS) is 15.2. The summed E-state index contributed by atoms with van der Waals surface area (Å²) in [6.07, 6.45) is 9.04. The van der Waals surface area contributed by atoms with Gasteiger partial charge in [0.1, 0.15) is 22.0 Å². The van der Waals surface area contributed by atoms with Crippen molar-refractivity contribution in [2.24, 2.45) is 11.5 Å². The molecule has 0 bridgehead atoms. The maximum Gasteiger partial charge on any atom is 0.113 e. The third-order valence-corrected chi connectivity index (χ3v) is 11.3.